The molecule has 2 atom stereocenters. The van der Waals surface area contributed by atoms with Crippen LogP contribution in [0.3, 0.4) is 0 Å². The van der Waals surface area contributed by atoms with Gasteiger partial charge in [-0.3, -0.25) is 10.1 Å². The molecule has 9 nitrogen and oxygen atoms in total. The van der Waals surface area contributed by atoms with Gasteiger partial charge in [-0.25, -0.2) is 14.3 Å². The number of rotatable bonds is 4. The van der Waals surface area contributed by atoms with Crippen molar-refractivity contribution >= 4 is 22.6 Å². The molecular weight excluding hydrogens is 466 g/mol. The molecule has 4 aromatic heterocycles. The molecule has 2 aliphatic heterocycles. The summed E-state index contributed by atoms with van der Waals surface area (Å²) in [5.41, 5.74) is 6.70. The fraction of sp³-hybridized carbons (Fsp3) is 0.321. The number of hydrogen-bond donors (Lipinski definition) is 1. The summed E-state index contributed by atoms with van der Waals surface area (Å²) in [4.78, 5) is 24.0. The van der Waals surface area contributed by atoms with Gasteiger partial charge < -0.3 is 9.64 Å². The number of aromatic nitrogens is 6. The fourth-order valence-electron chi connectivity index (χ4n) is 6.23. The summed E-state index contributed by atoms with van der Waals surface area (Å²) in [5.74, 6) is 0.282. The van der Waals surface area contributed by atoms with Gasteiger partial charge in [0.05, 0.1) is 23.9 Å². The average molecular weight is 494 g/mol. The Labute approximate surface area is 213 Å². The van der Waals surface area contributed by atoms with Crippen LogP contribution in [-0.2, 0) is 4.74 Å². The average Bonchev–Trinajstić information content (AvgIpc) is 3.63. The highest BCUT2D eigenvalue weighted by molar-refractivity contribution is 6.02. The van der Waals surface area contributed by atoms with Crippen LogP contribution in [0.5, 0.6) is 0 Å². The lowest BCUT2D eigenvalue weighted by Gasteiger charge is -2.37. The van der Waals surface area contributed by atoms with Gasteiger partial charge in [0.25, 0.3) is 0 Å². The normalized spacial score (nSPS) is 21.1. The van der Waals surface area contributed by atoms with E-state index in [1.807, 2.05) is 53.0 Å². The molecule has 0 spiro atoms. The van der Waals surface area contributed by atoms with Crippen LogP contribution in [0.15, 0.2) is 61.2 Å². The van der Waals surface area contributed by atoms with Crippen LogP contribution in [0.1, 0.15) is 44.2 Å². The van der Waals surface area contributed by atoms with Gasteiger partial charge in [-0.1, -0.05) is 12.1 Å². The maximum absolute atomic E-state index is 12.6. The van der Waals surface area contributed by atoms with Crippen molar-refractivity contribution in [1.29, 1.82) is 0 Å². The van der Waals surface area contributed by atoms with E-state index >= 15 is 0 Å². The van der Waals surface area contributed by atoms with Crippen molar-refractivity contribution in [3.63, 3.8) is 0 Å². The highest BCUT2D eigenvalue weighted by atomic mass is 16.6. The third-order valence-electron chi connectivity index (χ3n) is 7.84. The highest BCUT2D eigenvalue weighted by Gasteiger charge is 2.44. The standard InChI is InChI=1S/C28H27N7O2/c1-2-37-28(36)35-19-6-7-20(35)15-18(14-19)23-10-13-34-27(31-23)25(26(33-34)17-8-11-29-12-9-17)21-4-3-5-24-22(21)16-30-32-24/h3-5,8-13,16,18-20H,2,6-7,14-15H2,1H3,(H,30,32). The maximum Gasteiger partial charge on any atom is 0.410 e. The third-order valence-corrected chi connectivity index (χ3v) is 7.84. The number of piperidine rings is 1. The number of carbonyl (C=O) groups is 1. The van der Waals surface area contributed by atoms with E-state index in [2.05, 4.69) is 27.3 Å². The summed E-state index contributed by atoms with van der Waals surface area (Å²) >= 11 is 0. The zero-order valence-electron chi connectivity index (χ0n) is 20.5. The Kier molecular flexibility index (Phi) is 5.16. The van der Waals surface area contributed by atoms with Gasteiger partial charge in [-0.05, 0) is 62.4 Å². The number of aromatic amines is 1. The van der Waals surface area contributed by atoms with Gasteiger partial charge in [-0.2, -0.15) is 10.2 Å². The van der Waals surface area contributed by atoms with E-state index in [1.54, 1.807) is 12.4 Å². The van der Waals surface area contributed by atoms with Crippen LogP contribution in [0, 0.1) is 0 Å². The van der Waals surface area contributed by atoms with E-state index in [0.29, 0.717) is 6.61 Å². The predicted octanol–water partition coefficient (Wildman–Crippen LogP) is 5.20. The third kappa shape index (κ3) is 3.56. The van der Waals surface area contributed by atoms with Gasteiger partial charge in [-0.15, -0.1) is 0 Å². The van der Waals surface area contributed by atoms with Crippen molar-refractivity contribution in [2.45, 2.75) is 50.6 Å². The van der Waals surface area contributed by atoms with Crippen molar-refractivity contribution < 1.29 is 9.53 Å². The quantitative estimate of drug-likeness (QED) is 0.369. The predicted molar refractivity (Wildman–Crippen MR) is 139 cm³/mol. The second-order valence-corrected chi connectivity index (χ2v) is 9.88. The minimum absolute atomic E-state index is 0.176. The topological polar surface area (TPSA) is 101 Å². The molecule has 2 aliphatic rings. The first-order valence-corrected chi connectivity index (χ1v) is 12.9. The molecule has 6 heterocycles. The summed E-state index contributed by atoms with van der Waals surface area (Å²) < 4.78 is 7.22. The Morgan fingerprint density at radius 2 is 1.92 bits per heavy atom. The van der Waals surface area contributed by atoms with Crippen LogP contribution in [0.25, 0.3) is 38.9 Å². The Balaban J connectivity index is 1.34. The zero-order valence-corrected chi connectivity index (χ0v) is 20.5. The minimum Gasteiger partial charge on any atom is -0.450 e. The highest BCUT2D eigenvalue weighted by Crippen LogP contribution is 2.44. The van der Waals surface area contributed by atoms with Crippen LogP contribution in [0.2, 0.25) is 0 Å². The van der Waals surface area contributed by atoms with Gasteiger partial charge in [0.15, 0.2) is 5.65 Å². The number of H-pyrrole nitrogens is 1. The second kappa shape index (κ2) is 8.69. The fourth-order valence-corrected chi connectivity index (χ4v) is 6.23. The van der Waals surface area contributed by atoms with Crippen molar-refractivity contribution in [3.8, 4) is 22.4 Å². The van der Waals surface area contributed by atoms with Crippen LogP contribution >= 0.6 is 0 Å². The Morgan fingerprint density at radius 1 is 1.11 bits per heavy atom. The maximum atomic E-state index is 12.6. The van der Waals surface area contributed by atoms with E-state index in [9.17, 15) is 4.79 Å². The van der Waals surface area contributed by atoms with Crippen molar-refractivity contribution in [3.05, 3.63) is 66.9 Å². The summed E-state index contributed by atoms with van der Waals surface area (Å²) in [5, 5.41) is 13.3. The number of carbonyl (C=O) groups excluding carboxylic acids is 1. The summed E-state index contributed by atoms with van der Waals surface area (Å²) in [6, 6.07) is 12.6. The Hall–Kier alpha value is -4.27. The summed E-state index contributed by atoms with van der Waals surface area (Å²) in [6.07, 6.45) is 11.1. The molecule has 2 bridgehead atoms. The molecule has 2 fully saturated rings. The molecule has 2 saturated heterocycles. The van der Waals surface area contributed by atoms with Crippen molar-refractivity contribution in [1.82, 2.24) is 34.7 Å². The van der Waals surface area contributed by atoms with E-state index in [0.717, 1.165) is 70.3 Å². The number of fused-ring (bicyclic) bond motifs is 4. The lowest BCUT2D eigenvalue weighted by atomic mass is 9.88. The van der Waals surface area contributed by atoms with Gasteiger partial charge in [0, 0.05) is 53.2 Å². The van der Waals surface area contributed by atoms with Gasteiger partial charge in [0.2, 0.25) is 0 Å². The molecule has 0 radical (unpaired) electrons. The molecule has 7 rings (SSSR count). The minimum atomic E-state index is -0.176. The molecule has 0 saturated carbocycles. The Morgan fingerprint density at radius 3 is 2.70 bits per heavy atom. The summed E-state index contributed by atoms with van der Waals surface area (Å²) in [6.45, 7) is 2.27. The molecule has 1 aromatic carbocycles. The number of nitrogens with zero attached hydrogens (tertiary/aromatic N) is 6. The van der Waals surface area contributed by atoms with Gasteiger partial charge >= 0.3 is 6.09 Å². The molecule has 37 heavy (non-hydrogen) atoms. The second-order valence-electron chi connectivity index (χ2n) is 9.88. The molecule has 1 N–H and O–H groups in total. The molecule has 0 aliphatic carbocycles. The zero-order chi connectivity index (χ0) is 24.9. The monoisotopic (exact) mass is 493 g/mol. The van der Waals surface area contributed by atoms with E-state index < -0.39 is 0 Å². The number of nitrogens with one attached hydrogen (secondary N) is 1. The first-order valence-electron chi connectivity index (χ1n) is 12.9. The Bertz CT molecular complexity index is 1600. The number of pyridine rings is 1. The SMILES string of the molecule is CCOC(=O)N1C2CCC1CC(c1ccn3nc(-c4ccncc4)c(-c4cccc5[nH]ncc45)c3n1)C2. The van der Waals surface area contributed by atoms with E-state index in [-0.39, 0.29) is 24.1 Å². The van der Waals surface area contributed by atoms with Crippen LogP contribution < -0.4 is 0 Å². The van der Waals surface area contributed by atoms with Crippen LogP contribution in [-0.4, -0.2) is 59.5 Å². The number of benzene rings is 1. The van der Waals surface area contributed by atoms with Crippen LogP contribution in [0.4, 0.5) is 4.79 Å². The number of hydrogen-bond acceptors (Lipinski definition) is 6. The lowest BCUT2D eigenvalue weighted by molar-refractivity contribution is 0.0687. The molecule has 2 unspecified atom stereocenters. The van der Waals surface area contributed by atoms with Gasteiger partial charge in [0.1, 0.15) is 5.69 Å². The summed E-state index contributed by atoms with van der Waals surface area (Å²) in [7, 11) is 0. The first kappa shape index (κ1) is 22.0. The molecule has 5 aromatic rings. The molecule has 1 amide bonds. The lowest BCUT2D eigenvalue weighted by Crippen LogP contribution is -2.46. The molecule has 9 heteroatoms. The van der Waals surface area contributed by atoms with E-state index in [1.165, 1.54) is 0 Å². The molecule has 186 valence electrons. The first-order chi connectivity index (χ1) is 18.2. The number of ether oxygens (including phenoxy) is 1. The number of amides is 1. The van der Waals surface area contributed by atoms with E-state index in [4.69, 9.17) is 14.8 Å². The molecular formula is C28H27N7O2. The smallest absolute Gasteiger partial charge is 0.410 e. The largest absolute Gasteiger partial charge is 0.450 e. The van der Waals surface area contributed by atoms with Crippen molar-refractivity contribution in [2.24, 2.45) is 0 Å². The van der Waals surface area contributed by atoms with Crippen molar-refractivity contribution in [2.75, 3.05) is 6.61 Å².